The number of esters is 1. The molecule has 0 saturated carbocycles. The molecule has 11 heteroatoms. The molecule has 2 aromatic rings. The summed E-state index contributed by atoms with van der Waals surface area (Å²) in [6.45, 7) is -0.107. The molecule has 1 saturated heterocycles. The summed E-state index contributed by atoms with van der Waals surface area (Å²) in [6.07, 6.45) is 1.46. The summed E-state index contributed by atoms with van der Waals surface area (Å²) in [5.41, 5.74) is -0.800. The van der Waals surface area contributed by atoms with Crippen LogP contribution in [0, 0.1) is 11.6 Å². The molecule has 0 bridgehead atoms. The Hall–Kier alpha value is -2.56. The van der Waals surface area contributed by atoms with Crippen molar-refractivity contribution in [1.82, 2.24) is 4.31 Å². The lowest BCUT2D eigenvalue weighted by Gasteiger charge is -2.17. The van der Waals surface area contributed by atoms with Crippen LogP contribution in [0.4, 0.5) is 14.5 Å². The second-order valence-corrected chi connectivity index (χ2v) is 8.79. The summed E-state index contributed by atoms with van der Waals surface area (Å²) in [4.78, 5) is 23.9. The van der Waals surface area contributed by atoms with Crippen molar-refractivity contribution in [3.63, 3.8) is 0 Å². The summed E-state index contributed by atoms with van der Waals surface area (Å²) in [6, 6.07) is 6.63. The first-order valence-electron chi connectivity index (χ1n) is 8.91. The Kier molecular flexibility index (Phi) is 6.69. The maximum atomic E-state index is 13.6. The quantitative estimate of drug-likeness (QED) is 0.671. The highest BCUT2D eigenvalue weighted by molar-refractivity contribution is 7.89. The molecular weight excluding hydrogens is 442 g/mol. The lowest BCUT2D eigenvalue weighted by Crippen LogP contribution is -2.28. The molecule has 0 radical (unpaired) electrons. The third kappa shape index (κ3) is 4.77. The smallest absolute Gasteiger partial charge is 0.338 e. The number of anilines is 1. The third-order valence-corrected chi connectivity index (χ3v) is 6.79. The van der Waals surface area contributed by atoms with Crippen molar-refractivity contribution in [3.05, 3.63) is 58.6 Å². The fourth-order valence-electron chi connectivity index (χ4n) is 2.90. The van der Waals surface area contributed by atoms with Crippen LogP contribution in [-0.2, 0) is 19.6 Å². The van der Waals surface area contributed by atoms with E-state index in [1.54, 1.807) is 0 Å². The van der Waals surface area contributed by atoms with Gasteiger partial charge in [0.1, 0.15) is 22.2 Å². The number of nitrogens with zero attached hydrogens (tertiary/aromatic N) is 1. The largest absolute Gasteiger partial charge is 0.452 e. The molecule has 0 atom stereocenters. The van der Waals surface area contributed by atoms with Crippen molar-refractivity contribution >= 4 is 39.2 Å². The zero-order valence-corrected chi connectivity index (χ0v) is 17.1. The van der Waals surface area contributed by atoms with Crippen LogP contribution in [0.25, 0.3) is 0 Å². The Morgan fingerprint density at radius 3 is 2.37 bits per heavy atom. The topological polar surface area (TPSA) is 92.8 Å². The van der Waals surface area contributed by atoms with E-state index in [0.717, 1.165) is 37.1 Å². The monoisotopic (exact) mass is 458 g/mol. The Balaban J connectivity index is 1.69. The number of halogens is 3. The Morgan fingerprint density at radius 1 is 1.10 bits per heavy atom. The van der Waals surface area contributed by atoms with Gasteiger partial charge in [-0.05, 0) is 43.2 Å². The van der Waals surface area contributed by atoms with E-state index in [4.69, 9.17) is 16.3 Å². The van der Waals surface area contributed by atoms with Gasteiger partial charge < -0.3 is 10.1 Å². The maximum absolute atomic E-state index is 13.6. The second kappa shape index (κ2) is 9.07. The van der Waals surface area contributed by atoms with Crippen molar-refractivity contribution in [1.29, 1.82) is 0 Å². The molecule has 1 N–H and O–H groups in total. The number of hydrogen-bond acceptors (Lipinski definition) is 5. The zero-order chi connectivity index (χ0) is 21.9. The van der Waals surface area contributed by atoms with Crippen LogP contribution >= 0.6 is 11.6 Å². The van der Waals surface area contributed by atoms with E-state index in [0.29, 0.717) is 13.1 Å². The van der Waals surface area contributed by atoms with E-state index in [2.05, 4.69) is 0 Å². The van der Waals surface area contributed by atoms with Crippen LogP contribution in [0.5, 0.6) is 0 Å². The molecular formula is C19H17ClF2N2O5S. The fourth-order valence-corrected chi connectivity index (χ4v) is 4.92. The Morgan fingerprint density at radius 2 is 1.73 bits per heavy atom. The summed E-state index contributed by atoms with van der Waals surface area (Å²) in [5.74, 6) is -3.92. The molecule has 0 aromatic heterocycles. The number of rotatable bonds is 6. The normalized spacial score (nSPS) is 14.5. The lowest BCUT2D eigenvalue weighted by atomic mass is 10.2. The van der Waals surface area contributed by atoms with E-state index in [9.17, 15) is 26.8 Å². The second-order valence-electron chi connectivity index (χ2n) is 6.48. The van der Waals surface area contributed by atoms with Crippen LogP contribution in [-0.4, -0.2) is 44.3 Å². The van der Waals surface area contributed by atoms with Gasteiger partial charge in [-0.15, -0.1) is 0 Å². The van der Waals surface area contributed by atoms with Gasteiger partial charge in [0, 0.05) is 13.1 Å². The molecule has 0 aliphatic carbocycles. The molecule has 7 nitrogen and oxygen atoms in total. The average Bonchev–Trinajstić information content (AvgIpc) is 3.25. The van der Waals surface area contributed by atoms with Gasteiger partial charge in [-0.25, -0.2) is 22.0 Å². The minimum atomic E-state index is -3.88. The first-order valence-corrected chi connectivity index (χ1v) is 10.7. The number of amides is 1. The van der Waals surface area contributed by atoms with Crippen LogP contribution in [0.3, 0.4) is 0 Å². The maximum Gasteiger partial charge on any atom is 0.338 e. The minimum absolute atomic E-state index is 0.0498. The molecule has 1 heterocycles. The number of carbonyl (C=O) groups excluding carboxylic acids is 2. The summed E-state index contributed by atoms with van der Waals surface area (Å²) < 4.78 is 58.7. The highest BCUT2D eigenvalue weighted by Crippen LogP contribution is 2.28. The van der Waals surface area contributed by atoms with Crippen molar-refractivity contribution in [2.75, 3.05) is 25.0 Å². The van der Waals surface area contributed by atoms with Gasteiger partial charge in [0.05, 0.1) is 10.6 Å². The van der Waals surface area contributed by atoms with Crippen LogP contribution in [0.15, 0.2) is 41.3 Å². The predicted octanol–water partition coefficient (Wildman–Crippen LogP) is 3.20. The highest BCUT2D eigenvalue weighted by Gasteiger charge is 2.30. The molecule has 3 rings (SSSR count). The van der Waals surface area contributed by atoms with Gasteiger partial charge in [-0.3, -0.25) is 4.79 Å². The van der Waals surface area contributed by atoms with E-state index >= 15 is 0 Å². The number of carbonyl (C=O) groups is 2. The van der Waals surface area contributed by atoms with Gasteiger partial charge in [0.15, 0.2) is 6.61 Å². The summed E-state index contributed by atoms with van der Waals surface area (Å²) in [5, 5.41) is 1.93. The van der Waals surface area contributed by atoms with Crippen molar-refractivity contribution < 1.29 is 31.5 Å². The Bertz CT molecular complexity index is 1070. The first kappa shape index (κ1) is 22.1. The average molecular weight is 459 g/mol. The first-order chi connectivity index (χ1) is 14.2. The van der Waals surface area contributed by atoms with Gasteiger partial charge in [0.25, 0.3) is 5.91 Å². The summed E-state index contributed by atoms with van der Waals surface area (Å²) in [7, 11) is -3.88. The molecule has 30 heavy (non-hydrogen) atoms. The number of ether oxygens (including phenoxy) is 1. The fraction of sp³-hybridized carbons (Fsp3) is 0.263. The lowest BCUT2D eigenvalue weighted by molar-refractivity contribution is -0.119. The van der Waals surface area contributed by atoms with Crippen molar-refractivity contribution in [3.8, 4) is 0 Å². The van der Waals surface area contributed by atoms with E-state index < -0.39 is 45.8 Å². The van der Waals surface area contributed by atoms with Gasteiger partial charge in [-0.2, -0.15) is 4.31 Å². The SMILES string of the molecule is O=C(COC(=O)c1ccc(Cl)c(S(=O)(=O)N2CCCC2)c1)Nc1c(F)cccc1F. The molecule has 1 fully saturated rings. The van der Waals surface area contributed by atoms with Crippen molar-refractivity contribution in [2.24, 2.45) is 0 Å². The number of sulfonamides is 1. The number of para-hydroxylation sites is 1. The van der Waals surface area contributed by atoms with E-state index in [-0.39, 0.29) is 15.5 Å². The molecule has 0 unspecified atom stereocenters. The van der Waals surface area contributed by atoms with Crippen molar-refractivity contribution in [2.45, 2.75) is 17.7 Å². The standard InChI is InChI=1S/C19H17ClF2N2O5S/c20-13-7-6-12(10-16(13)30(27,28)24-8-1-2-9-24)19(26)29-11-17(25)23-18-14(21)4-3-5-15(18)22/h3-7,10H,1-2,8-9,11H2,(H,23,25). The molecule has 2 aromatic carbocycles. The van der Waals surface area contributed by atoms with Gasteiger partial charge in [-0.1, -0.05) is 17.7 Å². The molecule has 1 amide bonds. The number of hydrogen-bond donors (Lipinski definition) is 1. The van der Waals surface area contributed by atoms with Gasteiger partial charge in [0.2, 0.25) is 10.0 Å². The zero-order valence-electron chi connectivity index (χ0n) is 15.5. The van der Waals surface area contributed by atoms with E-state index in [1.807, 2.05) is 5.32 Å². The molecule has 0 spiro atoms. The van der Waals surface area contributed by atoms with Crippen LogP contribution in [0.1, 0.15) is 23.2 Å². The highest BCUT2D eigenvalue weighted by atomic mass is 35.5. The van der Waals surface area contributed by atoms with Crippen LogP contribution < -0.4 is 5.32 Å². The molecule has 1 aliphatic heterocycles. The Labute approximate surface area is 176 Å². The summed E-state index contributed by atoms with van der Waals surface area (Å²) >= 11 is 6.02. The minimum Gasteiger partial charge on any atom is -0.452 e. The molecule has 1 aliphatic rings. The molecule has 160 valence electrons. The number of nitrogens with one attached hydrogen (secondary N) is 1. The van der Waals surface area contributed by atoms with E-state index in [1.165, 1.54) is 16.4 Å². The van der Waals surface area contributed by atoms with Crippen LogP contribution in [0.2, 0.25) is 5.02 Å². The number of benzene rings is 2. The predicted molar refractivity (Wildman–Crippen MR) is 105 cm³/mol. The van der Waals surface area contributed by atoms with Gasteiger partial charge >= 0.3 is 5.97 Å². The third-order valence-electron chi connectivity index (χ3n) is 4.41.